The van der Waals surface area contributed by atoms with Crippen molar-refractivity contribution in [3.8, 4) is 11.5 Å². The first-order valence-electron chi connectivity index (χ1n) is 10.0. The number of carbonyl (C=O) groups excluding carboxylic acids is 1. The van der Waals surface area contributed by atoms with E-state index in [1.807, 2.05) is 39.8 Å². The average molecular weight is 458 g/mol. The molecule has 0 bridgehead atoms. The van der Waals surface area contributed by atoms with Gasteiger partial charge >= 0.3 is 0 Å². The number of rotatable bonds is 12. The Labute approximate surface area is 178 Å². The molecular weight excluding hydrogens is 422 g/mol. The number of benzene rings is 1. The van der Waals surface area contributed by atoms with E-state index in [-0.39, 0.29) is 18.1 Å². The van der Waals surface area contributed by atoms with Gasteiger partial charge in [-0.05, 0) is 58.5 Å². The molecule has 0 aromatic heterocycles. The third-order valence-corrected chi connectivity index (χ3v) is 4.84. The number of hydrogen-bond donors (Lipinski definition) is 2. The normalized spacial score (nSPS) is 11.6. The van der Waals surface area contributed by atoms with Crippen LogP contribution in [0.3, 0.4) is 0 Å². The van der Waals surface area contributed by atoms with Gasteiger partial charge in [0.1, 0.15) is 0 Å². The zero-order chi connectivity index (χ0) is 21.2. The van der Waals surface area contributed by atoms with Crippen molar-refractivity contribution in [2.45, 2.75) is 53.6 Å². The Morgan fingerprint density at radius 1 is 1.11 bits per heavy atom. The molecule has 0 aliphatic rings. The molecule has 1 rings (SSSR count). The number of hydrogen-bond acceptors (Lipinski definition) is 5. The first-order chi connectivity index (χ1) is 13.2. The van der Waals surface area contributed by atoms with Crippen LogP contribution in [0.1, 0.15) is 47.1 Å². The van der Waals surface area contributed by atoms with Crippen molar-refractivity contribution in [3.63, 3.8) is 0 Å². The van der Waals surface area contributed by atoms with Crippen LogP contribution in [0, 0.1) is 0 Å². The molecule has 1 amide bonds. The van der Waals surface area contributed by atoms with Gasteiger partial charge in [-0.25, -0.2) is 0 Å². The fourth-order valence-electron chi connectivity index (χ4n) is 2.69. The Hall–Kier alpha value is -1.31. The smallest absolute Gasteiger partial charge is 0.258 e. The number of amides is 1. The molecule has 28 heavy (non-hydrogen) atoms. The molecule has 0 saturated heterocycles. The zero-order valence-electron chi connectivity index (χ0n) is 18.2. The third-order valence-electron chi connectivity index (χ3n) is 4.10. The van der Waals surface area contributed by atoms with Crippen molar-refractivity contribution < 1.29 is 14.3 Å². The van der Waals surface area contributed by atoms with Gasteiger partial charge in [-0.15, -0.1) is 0 Å². The van der Waals surface area contributed by atoms with Crippen LogP contribution in [0.5, 0.6) is 11.5 Å². The van der Waals surface area contributed by atoms with Crippen LogP contribution in [-0.2, 0) is 11.3 Å². The summed E-state index contributed by atoms with van der Waals surface area (Å²) in [5, 5.41) is 6.36. The van der Waals surface area contributed by atoms with Gasteiger partial charge in [0.05, 0.1) is 6.61 Å². The molecule has 6 nitrogen and oxygen atoms in total. The number of ether oxygens (including phenoxy) is 2. The lowest BCUT2D eigenvalue weighted by Crippen LogP contribution is -2.43. The SMILES string of the molecule is CCOc1cc(CNCCN(CC)CC)c(Br)cc1OCC(=O)NC(C)(C)C. The largest absolute Gasteiger partial charge is 0.490 e. The summed E-state index contributed by atoms with van der Waals surface area (Å²) in [6, 6.07) is 3.84. The minimum atomic E-state index is -0.287. The molecule has 0 fully saturated rings. The lowest BCUT2D eigenvalue weighted by molar-refractivity contribution is -0.124. The van der Waals surface area contributed by atoms with E-state index >= 15 is 0 Å². The molecule has 1 aromatic rings. The quantitative estimate of drug-likeness (QED) is 0.469. The van der Waals surface area contributed by atoms with Gasteiger partial charge in [0, 0.05) is 29.6 Å². The molecule has 0 atom stereocenters. The standard InChI is InChI=1S/C21H36BrN3O3/c1-7-25(8-2)11-10-23-14-16-12-18(27-9-3)19(13-17(16)22)28-15-20(26)24-21(4,5)6/h12-13,23H,7-11,14-15H2,1-6H3,(H,24,26). The third kappa shape index (κ3) is 9.26. The van der Waals surface area contributed by atoms with Gasteiger partial charge in [-0.2, -0.15) is 0 Å². The summed E-state index contributed by atoms with van der Waals surface area (Å²) >= 11 is 3.61. The minimum absolute atomic E-state index is 0.0503. The van der Waals surface area contributed by atoms with Crippen LogP contribution < -0.4 is 20.1 Å². The molecule has 0 aliphatic carbocycles. The molecule has 2 N–H and O–H groups in total. The second-order valence-corrected chi connectivity index (χ2v) is 8.47. The number of likely N-dealkylation sites (N-methyl/N-ethyl adjacent to an activating group) is 1. The summed E-state index contributed by atoms with van der Waals surface area (Å²) in [5.74, 6) is 1.05. The van der Waals surface area contributed by atoms with Gasteiger partial charge in [0.15, 0.2) is 18.1 Å². The van der Waals surface area contributed by atoms with E-state index in [1.165, 1.54) is 0 Å². The van der Waals surface area contributed by atoms with Crippen molar-refractivity contribution in [3.05, 3.63) is 22.2 Å². The lowest BCUT2D eigenvalue weighted by atomic mass is 10.1. The number of nitrogens with one attached hydrogen (secondary N) is 2. The Balaban J connectivity index is 2.72. The molecule has 0 heterocycles. The fraction of sp³-hybridized carbons (Fsp3) is 0.667. The highest BCUT2D eigenvalue weighted by atomic mass is 79.9. The highest BCUT2D eigenvalue weighted by Crippen LogP contribution is 2.34. The molecule has 1 aromatic carbocycles. The van der Waals surface area contributed by atoms with Gasteiger partial charge in [-0.1, -0.05) is 29.8 Å². The highest BCUT2D eigenvalue weighted by molar-refractivity contribution is 9.10. The van der Waals surface area contributed by atoms with Crippen LogP contribution in [-0.4, -0.2) is 55.7 Å². The Morgan fingerprint density at radius 3 is 2.32 bits per heavy atom. The van der Waals surface area contributed by atoms with Crippen molar-refractivity contribution in [2.24, 2.45) is 0 Å². The van der Waals surface area contributed by atoms with E-state index in [9.17, 15) is 4.79 Å². The monoisotopic (exact) mass is 457 g/mol. The molecule has 0 radical (unpaired) electrons. The second-order valence-electron chi connectivity index (χ2n) is 7.61. The Morgan fingerprint density at radius 2 is 1.75 bits per heavy atom. The minimum Gasteiger partial charge on any atom is -0.490 e. The molecule has 0 saturated carbocycles. The summed E-state index contributed by atoms with van der Waals surface area (Å²) < 4.78 is 12.4. The van der Waals surface area contributed by atoms with Crippen molar-refractivity contribution in [1.82, 2.24) is 15.5 Å². The molecule has 7 heteroatoms. The number of halogens is 1. The maximum Gasteiger partial charge on any atom is 0.258 e. The molecular formula is C21H36BrN3O3. The molecule has 0 aliphatic heterocycles. The van der Waals surface area contributed by atoms with E-state index in [0.717, 1.165) is 42.8 Å². The number of nitrogens with zero attached hydrogens (tertiary/aromatic N) is 1. The predicted molar refractivity (Wildman–Crippen MR) is 118 cm³/mol. The zero-order valence-corrected chi connectivity index (χ0v) is 19.7. The maximum atomic E-state index is 12.0. The van der Waals surface area contributed by atoms with Crippen molar-refractivity contribution in [2.75, 3.05) is 39.4 Å². The van der Waals surface area contributed by atoms with Gasteiger partial charge in [0.25, 0.3) is 5.91 Å². The summed E-state index contributed by atoms with van der Waals surface area (Å²) in [7, 11) is 0. The average Bonchev–Trinajstić information content (AvgIpc) is 2.61. The van der Waals surface area contributed by atoms with Gasteiger partial charge < -0.3 is 25.0 Å². The van der Waals surface area contributed by atoms with Crippen molar-refractivity contribution in [1.29, 1.82) is 0 Å². The van der Waals surface area contributed by atoms with Crippen LogP contribution in [0.15, 0.2) is 16.6 Å². The van der Waals surface area contributed by atoms with E-state index < -0.39 is 0 Å². The Kier molecular flexibility index (Phi) is 10.9. The predicted octanol–water partition coefficient (Wildman–Crippen LogP) is 3.57. The molecule has 160 valence electrons. The van der Waals surface area contributed by atoms with Gasteiger partial charge in [-0.3, -0.25) is 4.79 Å². The Bertz CT molecular complexity index is 614. The summed E-state index contributed by atoms with van der Waals surface area (Å²) in [5.41, 5.74) is 0.805. The number of carbonyl (C=O) groups is 1. The first-order valence-corrected chi connectivity index (χ1v) is 10.8. The van der Waals surface area contributed by atoms with E-state index in [1.54, 1.807) is 0 Å². The lowest BCUT2D eigenvalue weighted by Gasteiger charge is -2.21. The maximum absolute atomic E-state index is 12.0. The second kappa shape index (κ2) is 12.3. The van der Waals surface area contributed by atoms with E-state index in [4.69, 9.17) is 9.47 Å². The van der Waals surface area contributed by atoms with E-state index in [0.29, 0.717) is 18.1 Å². The van der Waals surface area contributed by atoms with Crippen LogP contribution in [0.4, 0.5) is 0 Å². The van der Waals surface area contributed by atoms with Crippen LogP contribution in [0.25, 0.3) is 0 Å². The van der Waals surface area contributed by atoms with Crippen LogP contribution >= 0.6 is 15.9 Å². The van der Waals surface area contributed by atoms with Crippen LogP contribution in [0.2, 0.25) is 0 Å². The van der Waals surface area contributed by atoms with Gasteiger partial charge in [0.2, 0.25) is 0 Å². The first kappa shape index (κ1) is 24.7. The topological polar surface area (TPSA) is 62.8 Å². The van der Waals surface area contributed by atoms with E-state index in [2.05, 4.69) is 45.3 Å². The summed E-state index contributed by atoms with van der Waals surface area (Å²) in [6.45, 7) is 17.4. The highest BCUT2D eigenvalue weighted by Gasteiger charge is 2.16. The van der Waals surface area contributed by atoms with Crippen molar-refractivity contribution >= 4 is 21.8 Å². The molecule has 0 spiro atoms. The summed E-state index contributed by atoms with van der Waals surface area (Å²) in [6.07, 6.45) is 0. The fourth-order valence-corrected chi connectivity index (χ4v) is 3.15. The summed E-state index contributed by atoms with van der Waals surface area (Å²) in [4.78, 5) is 14.4. The molecule has 0 unspecified atom stereocenters.